The third-order valence-corrected chi connectivity index (χ3v) is 2.90. The first-order valence-corrected chi connectivity index (χ1v) is 6.06. The summed E-state index contributed by atoms with van der Waals surface area (Å²) in [6, 6.07) is 7.32. The number of amides is 1. The lowest BCUT2D eigenvalue weighted by molar-refractivity contribution is -0.383. The molecule has 0 radical (unpaired) electrons. The van der Waals surface area contributed by atoms with Crippen LogP contribution in [0.1, 0.15) is 10.4 Å². The highest BCUT2D eigenvalue weighted by Gasteiger charge is 2.16. The molecule has 0 fully saturated rings. The first-order valence-electron chi connectivity index (χ1n) is 5.69. The molecule has 0 spiro atoms. The van der Waals surface area contributed by atoms with E-state index in [4.69, 9.17) is 17.3 Å². The number of nitrogens with zero attached hydrogens (tertiary/aromatic N) is 1. The van der Waals surface area contributed by atoms with Crippen molar-refractivity contribution in [1.82, 2.24) is 0 Å². The molecule has 3 N–H and O–H groups in total. The number of nitrogen functional groups attached to an aromatic ring is 1. The summed E-state index contributed by atoms with van der Waals surface area (Å²) in [6.45, 7) is 0. The summed E-state index contributed by atoms with van der Waals surface area (Å²) in [5.74, 6) is -1.40. The summed E-state index contributed by atoms with van der Waals surface area (Å²) in [7, 11) is 0. The van der Waals surface area contributed by atoms with Crippen LogP contribution in [0.2, 0.25) is 5.02 Å². The van der Waals surface area contributed by atoms with E-state index in [0.29, 0.717) is 0 Å². The molecule has 1 amide bonds. The molecular formula is C13H9ClFN3O3. The summed E-state index contributed by atoms with van der Waals surface area (Å²) in [6.07, 6.45) is 0. The Labute approximate surface area is 123 Å². The Morgan fingerprint density at radius 1 is 1.29 bits per heavy atom. The van der Waals surface area contributed by atoms with Crippen LogP contribution in [-0.4, -0.2) is 10.8 Å². The minimum atomic E-state index is -0.708. The molecule has 0 aliphatic heterocycles. The van der Waals surface area contributed by atoms with Gasteiger partial charge in [-0.1, -0.05) is 11.6 Å². The fourth-order valence-electron chi connectivity index (χ4n) is 1.63. The molecule has 2 aromatic carbocycles. The summed E-state index contributed by atoms with van der Waals surface area (Å²) in [5, 5.41) is 13.3. The molecule has 0 aliphatic carbocycles. The van der Waals surface area contributed by atoms with Crippen molar-refractivity contribution in [3.05, 3.63) is 62.9 Å². The van der Waals surface area contributed by atoms with E-state index in [1.807, 2.05) is 0 Å². The van der Waals surface area contributed by atoms with E-state index in [9.17, 15) is 19.3 Å². The van der Waals surface area contributed by atoms with Gasteiger partial charge in [0.15, 0.2) is 0 Å². The van der Waals surface area contributed by atoms with Crippen LogP contribution in [0.25, 0.3) is 0 Å². The van der Waals surface area contributed by atoms with Crippen molar-refractivity contribution in [2.75, 3.05) is 11.1 Å². The van der Waals surface area contributed by atoms with E-state index < -0.39 is 16.6 Å². The standard InChI is InChI=1S/C13H9ClFN3O3/c14-8-2-4-11(9(15)6-8)17-13(19)7-1-3-10(16)12(5-7)18(20)21/h1-6H,16H2,(H,17,19). The minimum absolute atomic E-state index is 0.00903. The number of anilines is 2. The van der Waals surface area contributed by atoms with E-state index in [2.05, 4.69) is 5.32 Å². The van der Waals surface area contributed by atoms with Gasteiger partial charge in [-0.15, -0.1) is 0 Å². The average Bonchev–Trinajstić information content (AvgIpc) is 2.42. The third-order valence-electron chi connectivity index (χ3n) is 2.67. The van der Waals surface area contributed by atoms with Gasteiger partial charge in [-0.2, -0.15) is 0 Å². The Hall–Kier alpha value is -2.67. The maximum atomic E-state index is 13.6. The first kappa shape index (κ1) is 14.7. The topological polar surface area (TPSA) is 98.3 Å². The Morgan fingerprint density at radius 3 is 2.62 bits per heavy atom. The highest BCUT2D eigenvalue weighted by Crippen LogP contribution is 2.24. The second-order valence-electron chi connectivity index (χ2n) is 4.11. The number of carbonyl (C=O) groups is 1. The molecule has 0 bridgehead atoms. The van der Waals surface area contributed by atoms with Crippen LogP contribution < -0.4 is 11.1 Å². The molecule has 0 heterocycles. The van der Waals surface area contributed by atoms with Crippen LogP contribution in [0.5, 0.6) is 0 Å². The lowest BCUT2D eigenvalue weighted by atomic mass is 10.1. The van der Waals surface area contributed by atoms with Crippen LogP contribution in [0.4, 0.5) is 21.5 Å². The Kier molecular flexibility index (Phi) is 4.04. The monoisotopic (exact) mass is 309 g/mol. The Morgan fingerprint density at radius 2 is 2.00 bits per heavy atom. The maximum Gasteiger partial charge on any atom is 0.292 e. The number of carbonyl (C=O) groups excluding carboxylic acids is 1. The van der Waals surface area contributed by atoms with Crippen LogP contribution in [0, 0.1) is 15.9 Å². The van der Waals surface area contributed by atoms with Gasteiger partial charge >= 0.3 is 0 Å². The zero-order valence-corrected chi connectivity index (χ0v) is 11.2. The number of nitrogens with one attached hydrogen (secondary N) is 1. The van der Waals surface area contributed by atoms with Gasteiger partial charge in [0.1, 0.15) is 11.5 Å². The first-order chi connectivity index (χ1) is 9.88. The van der Waals surface area contributed by atoms with E-state index >= 15 is 0 Å². The second-order valence-corrected chi connectivity index (χ2v) is 4.55. The van der Waals surface area contributed by atoms with Gasteiger partial charge in [0.25, 0.3) is 11.6 Å². The Bertz CT molecular complexity index is 737. The van der Waals surface area contributed by atoms with Gasteiger partial charge in [0.05, 0.1) is 10.6 Å². The average molecular weight is 310 g/mol. The van der Waals surface area contributed by atoms with Gasteiger partial charge in [-0.05, 0) is 30.3 Å². The van der Waals surface area contributed by atoms with Gasteiger partial charge in [-0.25, -0.2) is 4.39 Å². The van der Waals surface area contributed by atoms with Crippen LogP contribution in [0.15, 0.2) is 36.4 Å². The van der Waals surface area contributed by atoms with Crippen molar-refractivity contribution >= 4 is 34.6 Å². The quantitative estimate of drug-likeness (QED) is 0.516. The van der Waals surface area contributed by atoms with Crippen molar-refractivity contribution in [1.29, 1.82) is 0 Å². The Balaban J connectivity index is 2.28. The molecule has 6 nitrogen and oxygen atoms in total. The predicted molar refractivity (Wildman–Crippen MR) is 76.9 cm³/mol. The summed E-state index contributed by atoms with van der Waals surface area (Å²) < 4.78 is 13.6. The van der Waals surface area contributed by atoms with E-state index in [1.54, 1.807) is 0 Å². The number of benzene rings is 2. The van der Waals surface area contributed by atoms with E-state index in [0.717, 1.165) is 12.1 Å². The second kappa shape index (κ2) is 5.76. The lowest BCUT2D eigenvalue weighted by Gasteiger charge is -2.07. The zero-order chi connectivity index (χ0) is 15.6. The maximum absolute atomic E-state index is 13.6. The van der Waals surface area contributed by atoms with Crippen LogP contribution in [0.3, 0.4) is 0 Å². The fourth-order valence-corrected chi connectivity index (χ4v) is 1.79. The number of nitro benzene ring substituents is 1. The van der Waals surface area contributed by atoms with Gasteiger partial charge < -0.3 is 11.1 Å². The molecule has 8 heteroatoms. The number of hydrogen-bond acceptors (Lipinski definition) is 4. The number of nitro groups is 1. The molecule has 0 saturated carbocycles. The van der Waals surface area contributed by atoms with Gasteiger partial charge in [0.2, 0.25) is 0 Å². The number of halogens is 2. The number of rotatable bonds is 3. The van der Waals surface area contributed by atoms with Crippen molar-refractivity contribution in [3.8, 4) is 0 Å². The summed E-state index contributed by atoms with van der Waals surface area (Å²) >= 11 is 5.60. The summed E-state index contributed by atoms with van der Waals surface area (Å²) in [5.41, 5.74) is 4.90. The smallest absolute Gasteiger partial charge is 0.292 e. The SMILES string of the molecule is Nc1ccc(C(=O)Nc2ccc(Cl)cc2F)cc1[N+](=O)[O-]. The normalized spacial score (nSPS) is 10.2. The molecule has 2 aromatic rings. The largest absolute Gasteiger partial charge is 0.393 e. The highest BCUT2D eigenvalue weighted by molar-refractivity contribution is 6.30. The molecule has 0 unspecified atom stereocenters. The van der Waals surface area contributed by atoms with Gasteiger partial charge in [0, 0.05) is 16.7 Å². The molecule has 0 aromatic heterocycles. The third kappa shape index (κ3) is 3.26. The van der Waals surface area contributed by atoms with E-state index in [-0.39, 0.29) is 27.6 Å². The fraction of sp³-hybridized carbons (Fsp3) is 0. The van der Waals surface area contributed by atoms with Crippen molar-refractivity contribution in [2.24, 2.45) is 0 Å². The van der Waals surface area contributed by atoms with Crippen molar-refractivity contribution in [2.45, 2.75) is 0 Å². The minimum Gasteiger partial charge on any atom is -0.393 e. The predicted octanol–water partition coefficient (Wildman–Crippen LogP) is 3.22. The molecule has 108 valence electrons. The number of hydrogen-bond donors (Lipinski definition) is 2. The molecule has 21 heavy (non-hydrogen) atoms. The van der Waals surface area contributed by atoms with Crippen LogP contribution >= 0.6 is 11.6 Å². The van der Waals surface area contributed by atoms with E-state index in [1.165, 1.54) is 24.3 Å². The van der Waals surface area contributed by atoms with Gasteiger partial charge in [-0.3, -0.25) is 14.9 Å². The summed E-state index contributed by atoms with van der Waals surface area (Å²) in [4.78, 5) is 22.0. The molecular weight excluding hydrogens is 301 g/mol. The van der Waals surface area contributed by atoms with Crippen LogP contribution in [-0.2, 0) is 0 Å². The lowest BCUT2D eigenvalue weighted by Crippen LogP contribution is -2.13. The zero-order valence-electron chi connectivity index (χ0n) is 10.5. The molecule has 2 rings (SSSR count). The van der Waals surface area contributed by atoms with Crippen molar-refractivity contribution in [3.63, 3.8) is 0 Å². The molecule has 0 aliphatic rings. The highest BCUT2D eigenvalue weighted by atomic mass is 35.5. The number of nitrogens with two attached hydrogens (primary N) is 1. The van der Waals surface area contributed by atoms with Crippen molar-refractivity contribution < 1.29 is 14.1 Å². The molecule has 0 atom stereocenters. The molecule has 0 saturated heterocycles.